The van der Waals surface area contributed by atoms with Crippen LogP contribution in [0.4, 0.5) is 0 Å². The van der Waals surface area contributed by atoms with Crippen molar-refractivity contribution >= 4 is 0 Å². The van der Waals surface area contributed by atoms with Gasteiger partial charge < -0.3 is 10.2 Å². The Bertz CT molecular complexity index is 247. The minimum atomic E-state index is 0.00683. The summed E-state index contributed by atoms with van der Waals surface area (Å²) in [5.74, 6) is 0. The Kier molecular flexibility index (Phi) is 4.11. The van der Waals surface area contributed by atoms with E-state index in [4.69, 9.17) is 10.2 Å². The second-order valence-corrected chi connectivity index (χ2v) is 3.41. The molecule has 0 saturated carbocycles. The van der Waals surface area contributed by atoms with Crippen LogP contribution < -0.4 is 0 Å². The molecule has 1 rings (SSSR count). The fraction of sp³-hybridized carbons (Fsp3) is 0.500. The third-order valence-corrected chi connectivity index (χ3v) is 2.62. The monoisotopic (exact) mass is 194 g/mol. The van der Waals surface area contributed by atoms with E-state index in [0.717, 1.165) is 24.0 Å². The van der Waals surface area contributed by atoms with E-state index in [1.54, 1.807) is 0 Å². The van der Waals surface area contributed by atoms with E-state index in [0.29, 0.717) is 0 Å². The van der Waals surface area contributed by atoms with Gasteiger partial charge in [0.2, 0.25) is 0 Å². The Balaban J connectivity index is 3.20. The summed E-state index contributed by atoms with van der Waals surface area (Å²) in [5.41, 5.74) is 4.24. The van der Waals surface area contributed by atoms with Gasteiger partial charge in [0.05, 0.1) is 13.2 Å². The molecule has 14 heavy (non-hydrogen) atoms. The summed E-state index contributed by atoms with van der Waals surface area (Å²) >= 11 is 0. The van der Waals surface area contributed by atoms with E-state index in [2.05, 4.69) is 13.8 Å². The van der Waals surface area contributed by atoms with Crippen molar-refractivity contribution in [2.24, 2.45) is 0 Å². The van der Waals surface area contributed by atoms with Gasteiger partial charge in [0.1, 0.15) is 0 Å². The number of rotatable bonds is 4. The second kappa shape index (κ2) is 5.13. The zero-order valence-corrected chi connectivity index (χ0v) is 8.88. The molecular formula is C12H18O2. The van der Waals surface area contributed by atoms with Gasteiger partial charge in [-0.25, -0.2) is 0 Å². The lowest BCUT2D eigenvalue weighted by Crippen LogP contribution is -2.00. The Morgan fingerprint density at radius 1 is 0.786 bits per heavy atom. The van der Waals surface area contributed by atoms with Crippen LogP contribution in [0.25, 0.3) is 0 Å². The number of aliphatic hydroxyl groups is 2. The molecule has 0 heterocycles. The fourth-order valence-electron chi connectivity index (χ4n) is 1.74. The number of hydrogen-bond donors (Lipinski definition) is 2. The van der Waals surface area contributed by atoms with E-state index in [9.17, 15) is 0 Å². The first-order valence-electron chi connectivity index (χ1n) is 5.12. The van der Waals surface area contributed by atoms with Gasteiger partial charge in [0.25, 0.3) is 0 Å². The normalized spacial score (nSPS) is 10.6. The van der Waals surface area contributed by atoms with Crippen molar-refractivity contribution < 1.29 is 10.2 Å². The maximum Gasteiger partial charge on any atom is 0.0685 e. The molecule has 0 fully saturated rings. The largest absolute Gasteiger partial charge is 0.392 e. The van der Waals surface area contributed by atoms with Gasteiger partial charge in [-0.2, -0.15) is 0 Å². The molecule has 0 atom stereocenters. The zero-order chi connectivity index (χ0) is 10.6. The highest BCUT2D eigenvalue weighted by Crippen LogP contribution is 2.18. The van der Waals surface area contributed by atoms with Crippen LogP contribution in [-0.4, -0.2) is 10.2 Å². The molecule has 0 unspecified atom stereocenters. The molecule has 1 aromatic carbocycles. The van der Waals surface area contributed by atoms with E-state index in [1.807, 2.05) is 12.1 Å². The van der Waals surface area contributed by atoms with Crippen LogP contribution >= 0.6 is 0 Å². The van der Waals surface area contributed by atoms with Gasteiger partial charge in [-0.05, 0) is 35.1 Å². The maximum absolute atomic E-state index is 9.12. The van der Waals surface area contributed by atoms with Crippen LogP contribution in [0.1, 0.15) is 36.1 Å². The summed E-state index contributed by atoms with van der Waals surface area (Å²) in [6.07, 6.45) is 1.95. The summed E-state index contributed by atoms with van der Waals surface area (Å²) in [6.45, 7) is 4.22. The van der Waals surface area contributed by atoms with Gasteiger partial charge >= 0.3 is 0 Å². The molecule has 0 radical (unpaired) electrons. The van der Waals surface area contributed by atoms with Crippen molar-refractivity contribution in [3.8, 4) is 0 Å². The molecule has 0 amide bonds. The van der Waals surface area contributed by atoms with Crippen molar-refractivity contribution in [2.75, 3.05) is 0 Å². The first-order chi connectivity index (χ1) is 6.76. The summed E-state index contributed by atoms with van der Waals surface area (Å²) in [6, 6.07) is 4.01. The average molecular weight is 194 g/mol. The van der Waals surface area contributed by atoms with Gasteiger partial charge in [-0.1, -0.05) is 26.0 Å². The van der Waals surface area contributed by atoms with Crippen LogP contribution in [0, 0.1) is 0 Å². The summed E-state index contributed by atoms with van der Waals surface area (Å²) in [7, 11) is 0. The van der Waals surface area contributed by atoms with Crippen molar-refractivity contribution in [2.45, 2.75) is 39.9 Å². The molecule has 1 aromatic rings. The molecule has 2 nitrogen and oxygen atoms in total. The Morgan fingerprint density at radius 2 is 1.14 bits per heavy atom. The molecule has 0 aliphatic carbocycles. The summed E-state index contributed by atoms with van der Waals surface area (Å²) in [5, 5.41) is 18.2. The van der Waals surface area contributed by atoms with E-state index >= 15 is 0 Å². The SMILES string of the molecule is CCc1cc(CO)c(CO)cc1CC. The molecule has 0 aliphatic rings. The predicted molar refractivity (Wildman–Crippen MR) is 57.0 cm³/mol. The molecular weight excluding hydrogens is 176 g/mol. The van der Waals surface area contributed by atoms with Crippen LogP contribution in [-0.2, 0) is 26.1 Å². The number of hydrogen-bond acceptors (Lipinski definition) is 2. The maximum atomic E-state index is 9.12. The van der Waals surface area contributed by atoms with E-state index in [1.165, 1.54) is 11.1 Å². The van der Waals surface area contributed by atoms with Crippen molar-refractivity contribution in [1.82, 2.24) is 0 Å². The average Bonchev–Trinajstić information content (AvgIpc) is 2.26. The highest BCUT2D eigenvalue weighted by molar-refractivity contribution is 5.38. The second-order valence-electron chi connectivity index (χ2n) is 3.41. The Labute approximate surface area is 85.2 Å². The van der Waals surface area contributed by atoms with Gasteiger partial charge in [0.15, 0.2) is 0 Å². The van der Waals surface area contributed by atoms with E-state index in [-0.39, 0.29) is 13.2 Å². The van der Waals surface area contributed by atoms with Crippen molar-refractivity contribution in [3.05, 3.63) is 34.4 Å². The van der Waals surface area contributed by atoms with Gasteiger partial charge in [0, 0.05) is 0 Å². The number of aliphatic hydroxyl groups excluding tert-OH is 2. The molecule has 0 saturated heterocycles. The third-order valence-electron chi connectivity index (χ3n) is 2.62. The number of benzene rings is 1. The quantitative estimate of drug-likeness (QED) is 0.767. The highest BCUT2D eigenvalue weighted by Gasteiger charge is 2.06. The van der Waals surface area contributed by atoms with E-state index < -0.39 is 0 Å². The lowest BCUT2D eigenvalue weighted by Gasteiger charge is -2.12. The van der Waals surface area contributed by atoms with Gasteiger partial charge in [-0.3, -0.25) is 0 Å². The molecule has 0 bridgehead atoms. The first-order valence-corrected chi connectivity index (χ1v) is 5.12. The molecule has 0 aromatic heterocycles. The standard InChI is InChI=1S/C12H18O2/c1-3-9-5-11(7-13)12(8-14)6-10(9)4-2/h5-6,13-14H,3-4,7-8H2,1-2H3. The summed E-state index contributed by atoms with van der Waals surface area (Å²) in [4.78, 5) is 0. The third kappa shape index (κ3) is 2.14. The minimum Gasteiger partial charge on any atom is -0.392 e. The lowest BCUT2D eigenvalue weighted by molar-refractivity contribution is 0.260. The fourth-order valence-corrected chi connectivity index (χ4v) is 1.74. The predicted octanol–water partition coefficient (Wildman–Crippen LogP) is 1.80. The molecule has 2 N–H and O–H groups in total. The smallest absolute Gasteiger partial charge is 0.0685 e. The van der Waals surface area contributed by atoms with Crippen LogP contribution in [0.5, 0.6) is 0 Å². The lowest BCUT2D eigenvalue weighted by atomic mass is 9.96. The van der Waals surface area contributed by atoms with Crippen LogP contribution in [0.3, 0.4) is 0 Å². The topological polar surface area (TPSA) is 40.5 Å². The van der Waals surface area contributed by atoms with Gasteiger partial charge in [-0.15, -0.1) is 0 Å². The first kappa shape index (κ1) is 11.2. The molecule has 0 aliphatic heterocycles. The highest BCUT2D eigenvalue weighted by atomic mass is 16.3. The van der Waals surface area contributed by atoms with Crippen LogP contribution in [0.2, 0.25) is 0 Å². The Morgan fingerprint density at radius 3 is 1.36 bits per heavy atom. The molecule has 78 valence electrons. The summed E-state index contributed by atoms with van der Waals surface area (Å²) < 4.78 is 0. The van der Waals surface area contributed by atoms with Crippen molar-refractivity contribution in [3.63, 3.8) is 0 Å². The minimum absolute atomic E-state index is 0.00683. The number of aryl methyl sites for hydroxylation is 2. The van der Waals surface area contributed by atoms with Crippen LogP contribution in [0.15, 0.2) is 12.1 Å². The van der Waals surface area contributed by atoms with Crippen molar-refractivity contribution in [1.29, 1.82) is 0 Å². The molecule has 2 heteroatoms. The molecule has 0 spiro atoms. The zero-order valence-electron chi connectivity index (χ0n) is 8.88. The Hall–Kier alpha value is -0.860.